The number of fused-ring (bicyclic) bond motifs is 7. The lowest BCUT2D eigenvalue weighted by Gasteiger charge is -2.73. The molecule has 0 radical (unpaired) electrons. The van der Waals surface area contributed by atoms with Crippen molar-refractivity contribution in [1.82, 2.24) is 9.80 Å². The number of piperazine rings is 1. The number of allylic oxidation sites excluding steroid dienone is 1. The molecule has 1 N–H and O–H groups in total. The van der Waals surface area contributed by atoms with E-state index in [1.807, 2.05) is 13.8 Å². The average molecular weight is 707 g/mol. The van der Waals surface area contributed by atoms with Gasteiger partial charge in [0.2, 0.25) is 5.91 Å². The Hall–Kier alpha value is -1.89. The Labute approximate surface area is 309 Å². The summed E-state index contributed by atoms with van der Waals surface area (Å²) < 4.78 is 6.44. The fourth-order valence-corrected chi connectivity index (χ4v) is 15.3. The summed E-state index contributed by atoms with van der Waals surface area (Å²) in [6.07, 6.45) is 10.9. The second-order valence-electron chi connectivity index (χ2n) is 20.9. The first-order valence-electron chi connectivity index (χ1n) is 20.9. The molecule has 0 aromatic heterocycles. The van der Waals surface area contributed by atoms with E-state index in [2.05, 4.69) is 64.8 Å². The number of hydrogen-bond donors (Lipinski definition) is 1. The summed E-state index contributed by atoms with van der Waals surface area (Å²) >= 11 is 0. The number of carbonyl (C=O) groups is 3. The maximum atomic E-state index is 14.8. The molecule has 1 heterocycles. The van der Waals surface area contributed by atoms with Crippen LogP contribution in [-0.4, -0.2) is 71.6 Å². The molecule has 1 saturated heterocycles. The van der Waals surface area contributed by atoms with E-state index in [-0.39, 0.29) is 62.8 Å². The minimum absolute atomic E-state index is 0.0285. The first-order valence-corrected chi connectivity index (χ1v) is 20.9. The lowest BCUT2D eigenvalue weighted by atomic mass is 9.32. The second kappa shape index (κ2) is 12.3. The predicted molar refractivity (Wildman–Crippen MR) is 201 cm³/mol. The van der Waals surface area contributed by atoms with Crippen molar-refractivity contribution in [2.45, 2.75) is 139 Å². The van der Waals surface area contributed by atoms with E-state index in [0.717, 1.165) is 77.7 Å². The minimum atomic E-state index is -0.838. The van der Waals surface area contributed by atoms with Crippen molar-refractivity contribution in [1.29, 1.82) is 0 Å². The monoisotopic (exact) mass is 707 g/mol. The van der Waals surface area contributed by atoms with Crippen LogP contribution in [0, 0.1) is 73.9 Å². The number of amides is 1. The predicted octanol–water partition coefficient (Wildman–Crippen LogP) is 8.47. The molecule has 0 unspecified atom stereocenters. The van der Waals surface area contributed by atoms with Crippen LogP contribution in [0.5, 0.6) is 0 Å². The molecule has 12 atom stereocenters. The maximum absolute atomic E-state index is 14.8. The topological polar surface area (TPSA) is 87.2 Å². The van der Waals surface area contributed by atoms with Gasteiger partial charge in [-0.25, -0.2) is 0 Å². The Kier molecular flexibility index (Phi) is 9.04. The van der Waals surface area contributed by atoms with Crippen LogP contribution in [0.1, 0.15) is 133 Å². The van der Waals surface area contributed by atoms with Gasteiger partial charge < -0.3 is 19.6 Å². The van der Waals surface area contributed by atoms with E-state index in [0.29, 0.717) is 35.5 Å². The highest BCUT2D eigenvalue weighted by molar-refractivity contribution is 5.84. The quantitative estimate of drug-likeness (QED) is 0.211. The molecule has 51 heavy (non-hydrogen) atoms. The highest BCUT2D eigenvalue weighted by atomic mass is 16.5. The van der Waals surface area contributed by atoms with E-state index < -0.39 is 5.97 Å². The molecule has 286 valence electrons. The van der Waals surface area contributed by atoms with Crippen LogP contribution in [0.2, 0.25) is 0 Å². The molecule has 1 amide bonds. The summed E-state index contributed by atoms with van der Waals surface area (Å²) in [6.45, 7) is 30.4. The van der Waals surface area contributed by atoms with Crippen LogP contribution in [0.15, 0.2) is 12.2 Å². The van der Waals surface area contributed by atoms with Gasteiger partial charge >= 0.3 is 11.9 Å². The average Bonchev–Trinajstić information content (AvgIpc) is 3.38. The summed E-state index contributed by atoms with van der Waals surface area (Å²) in [4.78, 5) is 44.7. The fourth-order valence-electron chi connectivity index (χ4n) is 15.3. The smallest absolute Gasteiger partial charge is 0.310 e. The van der Waals surface area contributed by atoms with Crippen LogP contribution >= 0.6 is 0 Å². The molecule has 7 nitrogen and oxygen atoms in total. The number of nitrogens with zero attached hydrogens (tertiary/aromatic N) is 2. The molecular formula is C44H70N2O5. The number of ether oxygens (including phenoxy) is 1. The molecule has 0 aromatic carbocycles. The van der Waals surface area contributed by atoms with E-state index in [4.69, 9.17) is 4.74 Å². The summed E-state index contributed by atoms with van der Waals surface area (Å²) in [5.41, 5.74) is 1.08. The van der Waals surface area contributed by atoms with Crippen molar-refractivity contribution in [3.05, 3.63) is 12.2 Å². The van der Waals surface area contributed by atoms with E-state index in [1.165, 1.54) is 24.8 Å². The largest absolute Gasteiger partial charge is 0.481 e. The highest BCUT2D eigenvalue weighted by Gasteiger charge is 2.72. The summed E-state index contributed by atoms with van der Waals surface area (Å²) in [7, 11) is 0. The first kappa shape index (κ1) is 37.4. The molecular weight excluding hydrogens is 636 g/mol. The van der Waals surface area contributed by atoms with Gasteiger partial charge in [-0.1, -0.05) is 67.5 Å². The zero-order valence-corrected chi connectivity index (χ0v) is 33.6. The van der Waals surface area contributed by atoms with Crippen molar-refractivity contribution >= 4 is 17.8 Å². The van der Waals surface area contributed by atoms with Crippen molar-refractivity contribution in [2.24, 2.45) is 73.9 Å². The Bertz CT molecular complexity index is 1450. The third kappa shape index (κ3) is 5.29. The first-order chi connectivity index (χ1) is 23.8. The second-order valence-corrected chi connectivity index (χ2v) is 20.9. The van der Waals surface area contributed by atoms with E-state index >= 15 is 0 Å². The lowest BCUT2D eigenvalue weighted by molar-refractivity contribution is -0.250. The molecule has 6 aliphatic carbocycles. The van der Waals surface area contributed by atoms with Gasteiger partial charge in [-0.15, -0.1) is 0 Å². The van der Waals surface area contributed by atoms with E-state index in [1.54, 1.807) is 0 Å². The molecule has 7 aliphatic rings. The Morgan fingerprint density at radius 3 is 2.10 bits per heavy atom. The molecule has 0 aromatic rings. The zero-order valence-electron chi connectivity index (χ0n) is 33.6. The molecule has 7 heteroatoms. The van der Waals surface area contributed by atoms with Crippen molar-refractivity contribution in [2.75, 3.05) is 32.7 Å². The Morgan fingerprint density at radius 2 is 1.47 bits per heavy atom. The molecule has 0 spiro atoms. The zero-order chi connectivity index (χ0) is 37.1. The number of carboxylic acids is 1. The molecule has 7 fully saturated rings. The fraction of sp³-hybridized carbons (Fsp3) is 0.886. The van der Waals surface area contributed by atoms with Crippen molar-refractivity contribution in [3.8, 4) is 0 Å². The van der Waals surface area contributed by atoms with Gasteiger partial charge in [0, 0.05) is 38.0 Å². The molecule has 1 aliphatic heterocycles. The molecule has 7 rings (SSSR count). The van der Waals surface area contributed by atoms with Crippen LogP contribution in [-0.2, 0) is 19.1 Å². The SMILES string of the molecule is C=C(C)[C@@H]1CC[C@]2(C(=O)N3CCN(CC)CC3)CC[C@]3(C)[C@H](CC[C@@H]4[C@@]5(C)CC[C@H](OC(=O)[C@@H]6[C@H](CC(=O)O)C6(C)C)C(C)(C)[C@@H]5CC[C@]43C)[C@@H]12. The Balaban J connectivity index is 1.13. The maximum Gasteiger partial charge on any atom is 0.310 e. The van der Waals surface area contributed by atoms with Crippen LogP contribution in [0.25, 0.3) is 0 Å². The normalized spacial score (nSPS) is 46.9. The highest BCUT2D eigenvalue weighted by Crippen LogP contribution is 2.78. The van der Waals surface area contributed by atoms with Gasteiger partial charge in [-0.3, -0.25) is 14.4 Å². The number of carbonyl (C=O) groups excluding carboxylic acids is 2. The standard InChI is InChI=1S/C44H70N2O5/c1-11-45-22-24-46(25-23-45)38(50)44-19-14-28(27(2)3)35(44)29-12-13-32-41(8)17-16-33(51-37(49)36-30(26-34(47)48)39(36,4)5)40(6,7)31(41)15-18-43(32,10)42(29,9)20-21-44/h28-33,35-36H,2,11-26H2,1,3-10H3,(H,47,48)/t28-,29+,30-,31-,32+,33-,35+,36-,41-,42+,43+,44-/m0/s1. The molecule has 0 bridgehead atoms. The third-order valence-corrected chi connectivity index (χ3v) is 18.5. The number of likely N-dealkylation sites (N-methyl/N-ethyl adjacent to an activating group) is 1. The van der Waals surface area contributed by atoms with Gasteiger partial charge in [-0.2, -0.15) is 0 Å². The Morgan fingerprint density at radius 1 is 0.784 bits per heavy atom. The lowest BCUT2D eigenvalue weighted by Crippen LogP contribution is -2.67. The van der Waals surface area contributed by atoms with Crippen molar-refractivity contribution in [3.63, 3.8) is 0 Å². The van der Waals surface area contributed by atoms with Crippen LogP contribution in [0.3, 0.4) is 0 Å². The number of rotatable bonds is 7. The van der Waals surface area contributed by atoms with Crippen molar-refractivity contribution < 1.29 is 24.2 Å². The number of carboxylic acid groups (broad SMARTS) is 1. The minimum Gasteiger partial charge on any atom is -0.481 e. The number of aliphatic carboxylic acids is 1. The third-order valence-electron chi connectivity index (χ3n) is 18.5. The molecule has 6 saturated carbocycles. The summed E-state index contributed by atoms with van der Waals surface area (Å²) in [5.74, 6) is 1.37. The van der Waals surface area contributed by atoms with Gasteiger partial charge in [0.05, 0.1) is 11.3 Å². The van der Waals surface area contributed by atoms with Crippen LogP contribution in [0.4, 0.5) is 0 Å². The number of hydrogen-bond acceptors (Lipinski definition) is 5. The number of esters is 1. The summed E-state index contributed by atoms with van der Waals surface area (Å²) in [6, 6.07) is 0. The van der Waals surface area contributed by atoms with Crippen LogP contribution < -0.4 is 0 Å². The van der Waals surface area contributed by atoms with Gasteiger partial charge in [-0.05, 0) is 135 Å². The van der Waals surface area contributed by atoms with Gasteiger partial charge in [0.1, 0.15) is 6.10 Å². The van der Waals surface area contributed by atoms with E-state index in [9.17, 15) is 19.5 Å². The van der Waals surface area contributed by atoms with Gasteiger partial charge in [0.25, 0.3) is 0 Å². The van der Waals surface area contributed by atoms with Gasteiger partial charge in [0.15, 0.2) is 0 Å². The summed E-state index contributed by atoms with van der Waals surface area (Å²) in [5, 5.41) is 9.44.